The first-order valence-electron chi connectivity index (χ1n) is 4.51. The van der Waals surface area contributed by atoms with Crippen LogP contribution in [0.4, 0.5) is 4.48 Å². The van der Waals surface area contributed by atoms with E-state index in [1.807, 2.05) is 13.8 Å². The molecule has 74 valence electrons. The van der Waals surface area contributed by atoms with Gasteiger partial charge in [-0.15, -0.1) is 4.79 Å². The summed E-state index contributed by atoms with van der Waals surface area (Å²) < 4.78 is 14.8. The zero-order valence-corrected chi connectivity index (χ0v) is 8.07. The van der Waals surface area contributed by atoms with Crippen LogP contribution in [0.3, 0.4) is 0 Å². The Hall–Kier alpha value is -1.58. The highest BCUT2D eigenvalue weighted by atomic mass is 19.2. The number of rotatable bonds is 1. The maximum Gasteiger partial charge on any atom is 0.357 e. The number of imidazole rings is 1. The second kappa shape index (κ2) is 2.97. The summed E-state index contributed by atoms with van der Waals surface area (Å²) in [5, 5.41) is 0. The van der Waals surface area contributed by atoms with Gasteiger partial charge in [-0.25, -0.2) is 4.79 Å². The van der Waals surface area contributed by atoms with E-state index in [9.17, 15) is 9.28 Å². The highest BCUT2D eigenvalue weighted by Crippen LogP contribution is 2.16. The van der Waals surface area contributed by atoms with Crippen molar-refractivity contribution in [1.29, 1.82) is 0 Å². The van der Waals surface area contributed by atoms with Crippen molar-refractivity contribution in [3.8, 4) is 0 Å². The summed E-state index contributed by atoms with van der Waals surface area (Å²) in [7, 11) is 0. The lowest BCUT2D eigenvalue weighted by molar-refractivity contribution is 0.356. The molecule has 0 bridgehead atoms. The molecule has 2 rings (SSSR count). The summed E-state index contributed by atoms with van der Waals surface area (Å²) in [6, 6.07) is 6.80. The fraction of sp³-hybridized carbons (Fsp3) is 0.300. The number of hydrogen-bond acceptors (Lipinski definition) is 1. The molecule has 0 saturated heterocycles. The Morgan fingerprint density at radius 3 is 2.36 bits per heavy atom. The zero-order valence-electron chi connectivity index (χ0n) is 8.07. The number of aromatic nitrogens is 2. The van der Waals surface area contributed by atoms with Crippen LogP contribution in [0.1, 0.15) is 19.9 Å². The van der Waals surface area contributed by atoms with Crippen molar-refractivity contribution >= 4 is 11.0 Å². The van der Waals surface area contributed by atoms with Crippen molar-refractivity contribution < 1.29 is 4.48 Å². The third-order valence-corrected chi connectivity index (χ3v) is 2.24. The van der Waals surface area contributed by atoms with Crippen molar-refractivity contribution in [2.24, 2.45) is 0 Å². The maximum atomic E-state index is 13.4. The topological polar surface area (TPSA) is 26.9 Å². The van der Waals surface area contributed by atoms with E-state index in [0.717, 1.165) is 0 Å². The molecule has 3 nitrogen and oxygen atoms in total. The van der Waals surface area contributed by atoms with Gasteiger partial charge in [-0.05, 0) is 26.0 Å². The summed E-state index contributed by atoms with van der Waals surface area (Å²) in [6.45, 7) is 3.71. The monoisotopic (exact) mass is 194 g/mol. The fourth-order valence-electron chi connectivity index (χ4n) is 1.63. The number of fused-ring (bicyclic) bond motifs is 1. The van der Waals surface area contributed by atoms with E-state index in [1.165, 1.54) is 4.57 Å². The minimum Gasteiger partial charge on any atom is -0.287 e. The summed E-state index contributed by atoms with van der Waals surface area (Å²) in [6.07, 6.45) is 0. The van der Waals surface area contributed by atoms with Gasteiger partial charge in [0.2, 0.25) is 0 Å². The van der Waals surface area contributed by atoms with Crippen LogP contribution in [-0.2, 0) is 0 Å². The molecule has 1 aromatic carbocycles. The van der Waals surface area contributed by atoms with E-state index in [-0.39, 0.29) is 10.8 Å². The minimum atomic E-state index is -0.610. The first kappa shape index (κ1) is 8.99. The molecule has 4 heteroatoms. The first-order valence-corrected chi connectivity index (χ1v) is 4.51. The van der Waals surface area contributed by atoms with E-state index in [1.54, 1.807) is 24.3 Å². The van der Waals surface area contributed by atoms with Gasteiger partial charge in [-0.2, -0.15) is 0 Å². The molecule has 2 aromatic rings. The first-order chi connectivity index (χ1) is 6.63. The zero-order chi connectivity index (χ0) is 10.3. The number of benzene rings is 1. The number of para-hydroxylation sites is 2. The Bertz CT molecular complexity index is 524. The van der Waals surface area contributed by atoms with E-state index >= 15 is 0 Å². The Kier molecular flexibility index (Phi) is 1.91. The summed E-state index contributed by atoms with van der Waals surface area (Å²) in [5.41, 5.74) is 0.349. The van der Waals surface area contributed by atoms with Gasteiger partial charge < -0.3 is 0 Å². The van der Waals surface area contributed by atoms with Gasteiger partial charge in [0.05, 0.1) is 5.52 Å². The molecule has 0 atom stereocenters. The van der Waals surface area contributed by atoms with Gasteiger partial charge in [-0.3, -0.25) is 4.57 Å². The molecule has 0 aliphatic carbocycles. The highest BCUT2D eigenvalue weighted by molar-refractivity contribution is 5.75. The van der Waals surface area contributed by atoms with Crippen LogP contribution in [0.5, 0.6) is 0 Å². The van der Waals surface area contributed by atoms with Gasteiger partial charge in [-0.1, -0.05) is 16.6 Å². The lowest BCUT2D eigenvalue weighted by Gasteiger charge is -2.05. The van der Waals surface area contributed by atoms with Gasteiger partial charge in [0.1, 0.15) is 5.52 Å². The van der Waals surface area contributed by atoms with E-state index in [0.29, 0.717) is 11.0 Å². The van der Waals surface area contributed by atoms with Crippen molar-refractivity contribution in [1.82, 2.24) is 9.36 Å². The van der Waals surface area contributed by atoms with E-state index in [4.69, 9.17) is 0 Å². The van der Waals surface area contributed by atoms with Gasteiger partial charge in [0, 0.05) is 6.04 Å². The average molecular weight is 194 g/mol. The molecule has 0 fully saturated rings. The molecule has 0 aliphatic rings. The third-order valence-electron chi connectivity index (χ3n) is 2.24. The smallest absolute Gasteiger partial charge is 0.287 e. The number of halogens is 1. The van der Waals surface area contributed by atoms with Crippen LogP contribution in [0.2, 0.25) is 0 Å². The molecule has 0 unspecified atom stereocenters. The summed E-state index contributed by atoms with van der Waals surface area (Å²) in [4.78, 5) is 11.7. The van der Waals surface area contributed by atoms with Gasteiger partial charge in [0.15, 0.2) is 0 Å². The largest absolute Gasteiger partial charge is 0.357 e. The molecular weight excluding hydrogens is 183 g/mol. The quantitative estimate of drug-likeness (QED) is 0.683. The molecule has 1 aromatic heterocycles. The Balaban J connectivity index is 2.95. The molecule has 0 radical (unpaired) electrons. The Morgan fingerprint density at radius 2 is 1.79 bits per heavy atom. The number of hydrogen-bond donors (Lipinski definition) is 0. The SMILES string of the molecule is CC(C)n1c(=O)n(F)c2ccccc21. The molecule has 0 saturated carbocycles. The second-order valence-corrected chi connectivity index (χ2v) is 3.52. The second-order valence-electron chi connectivity index (χ2n) is 3.52. The molecule has 0 spiro atoms. The van der Waals surface area contributed by atoms with E-state index < -0.39 is 5.69 Å². The third kappa shape index (κ3) is 1.07. The Morgan fingerprint density at radius 1 is 1.21 bits per heavy atom. The van der Waals surface area contributed by atoms with Crippen LogP contribution in [0.15, 0.2) is 29.1 Å². The van der Waals surface area contributed by atoms with Crippen LogP contribution in [0.25, 0.3) is 11.0 Å². The van der Waals surface area contributed by atoms with Crippen LogP contribution in [-0.4, -0.2) is 9.36 Å². The minimum absolute atomic E-state index is 0.0376. The predicted molar refractivity (Wildman–Crippen MR) is 53.1 cm³/mol. The maximum absolute atomic E-state index is 13.4. The standard InChI is InChI=1S/C10H11FN2O/c1-7(2)12-8-5-3-4-6-9(8)13(11)10(12)14/h3-7H,1-2H3. The van der Waals surface area contributed by atoms with Crippen LogP contribution < -0.4 is 5.69 Å². The molecule has 0 N–H and O–H groups in total. The van der Waals surface area contributed by atoms with E-state index in [2.05, 4.69) is 0 Å². The summed E-state index contributed by atoms with van der Waals surface area (Å²) >= 11 is 0. The van der Waals surface area contributed by atoms with Crippen molar-refractivity contribution in [3.63, 3.8) is 0 Å². The van der Waals surface area contributed by atoms with Crippen molar-refractivity contribution in [2.75, 3.05) is 0 Å². The van der Waals surface area contributed by atoms with Crippen LogP contribution in [0, 0.1) is 0 Å². The van der Waals surface area contributed by atoms with Crippen molar-refractivity contribution in [2.45, 2.75) is 19.9 Å². The lowest BCUT2D eigenvalue weighted by Crippen LogP contribution is -2.22. The fourth-order valence-corrected chi connectivity index (χ4v) is 1.63. The normalized spacial score (nSPS) is 11.4. The highest BCUT2D eigenvalue weighted by Gasteiger charge is 2.13. The average Bonchev–Trinajstić information content (AvgIpc) is 2.41. The molecule has 0 aliphatic heterocycles. The van der Waals surface area contributed by atoms with Crippen molar-refractivity contribution in [3.05, 3.63) is 34.7 Å². The van der Waals surface area contributed by atoms with Crippen LogP contribution >= 0.6 is 0 Å². The predicted octanol–water partition coefficient (Wildman–Crippen LogP) is 2.12. The summed E-state index contributed by atoms with van der Waals surface area (Å²) in [5.74, 6) is 0. The lowest BCUT2D eigenvalue weighted by atomic mass is 10.3. The number of nitrogens with zero attached hydrogens (tertiary/aromatic N) is 2. The molecule has 14 heavy (non-hydrogen) atoms. The molecule has 0 amide bonds. The van der Waals surface area contributed by atoms with Gasteiger partial charge in [0.25, 0.3) is 0 Å². The Labute approximate surface area is 80.3 Å². The van der Waals surface area contributed by atoms with Gasteiger partial charge >= 0.3 is 5.69 Å². The molecule has 1 heterocycles. The molecular formula is C10H11FN2O.